The molecule has 0 saturated carbocycles. The number of hydrogen-bond donors (Lipinski definition) is 2. The number of nitrogens with zero attached hydrogens (tertiary/aromatic N) is 1. The third-order valence-corrected chi connectivity index (χ3v) is 3.14. The summed E-state index contributed by atoms with van der Waals surface area (Å²) in [6, 6.07) is 4.99. The van der Waals surface area contributed by atoms with Crippen LogP contribution in [0.2, 0.25) is 0 Å². The number of benzene rings is 1. The number of carbonyl (C=O) groups excluding carboxylic acids is 2. The lowest BCUT2D eigenvalue weighted by Gasteiger charge is -2.23. The van der Waals surface area contributed by atoms with Crippen LogP contribution in [-0.4, -0.2) is 38.1 Å². The summed E-state index contributed by atoms with van der Waals surface area (Å²) >= 11 is 0. The summed E-state index contributed by atoms with van der Waals surface area (Å²) in [7, 11) is 0. The van der Waals surface area contributed by atoms with Gasteiger partial charge >= 0.3 is 5.97 Å². The fourth-order valence-electron chi connectivity index (χ4n) is 2.17. The van der Waals surface area contributed by atoms with Crippen LogP contribution in [0.5, 0.6) is 0 Å². The minimum Gasteiger partial charge on any atom is -0.462 e. The summed E-state index contributed by atoms with van der Waals surface area (Å²) in [6.07, 6.45) is 0.842. The van der Waals surface area contributed by atoms with E-state index in [0.717, 1.165) is 13.0 Å². The number of ether oxygens (including phenoxy) is 1. The van der Waals surface area contributed by atoms with Gasteiger partial charge in [-0.3, -0.25) is 4.79 Å². The topological polar surface area (TPSA) is 84.7 Å². The number of esters is 1. The maximum atomic E-state index is 11.8. The predicted octanol–water partition coefficient (Wildman–Crippen LogP) is 0.772. The SMILES string of the molecule is CCOC(=O)c1ccc(N)c(N2CCCNC(=O)C2)c1. The van der Waals surface area contributed by atoms with Crippen molar-refractivity contribution in [2.45, 2.75) is 13.3 Å². The maximum absolute atomic E-state index is 11.8. The van der Waals surface area contributed by atoms with E-state index < -0.39 is 0 Å². The lowest BCUT2D eigenvalue weighted by atomic mass is 10.1. The Morgan fingerprint density at radius 2 is 2.30 bits per heavy atom. The molecule has 3 N–H and O–H groups in total. The normalized spacial score (nSPS) is 15.4. The largest absolute Gasteiger partial charge is 0.462 e. The highest BCUT2D eigenvalue weighted by Gasteiger charge is 2.18. The van der Waals surface area contributed by atoms with Crippen LogP contribution in [0.1, 0.15) is 23.7 Å². The molecule has 1 amide bonds. The number of nitrogens with one attached hydrogen (secondary N) is 1. The van der Waals surface area contributed by atoms with Crippen molar-refractivity contribution in [3.63, 3.8) is 0 Å². The summed E-state index contributed by atoms with van der Waals surface area (Å²) in [4.78, 5) is 25.3. The van der Waals surface area contributed by atoms with Gasteiger partial charge in [-0.25, -0.2) is 4.79 Å². The molecule has 0 radical (unpaired) electrons. The number of rotatable bonds is 3. The summed E-state index contributed by atoms with van der Waals surface area (Å²) < 4.78 is 4.98. The van der Waals surface area contributed by atoms with Crippen molar-refractivity contribution < 1.29 is 14.3 Å². The molecule has 1 saturated heterocycles. The molecular weight excluding hydrogens is 258 g/mol. The van der Waals surface area contributed by atoms with E-state index in [1.54, 1.807) is 25.1 Å². The van der Waals surface area contributed by atoms with Crippen LogP contribution in [0.15, 0.2) is 18.2 Å². The van der Waals surface area contributed by atoms with Gasteiger partial charge in [0, 0.05) is 13.1 Å². The molecule has 20 heavy (non-hydrogen) atoms. The van der Waals surface area contributed by atoms with Gasteiger partial charge in [0.15, 0.2) is 0 Å². The number of hydrogen-bond acceptors (Lipinski definition) is 5. The van der Waals surface area contributed by atoms with Crippen LogP contribution in [-0.2, 0) is 9.53 Å². The number of carbonyl (C=O) groups is 2. The molecule has 108 valence electrons. The Morgan fingerprint density at radius 3 is 3.05 bits per heavy atom. The molecule has 0 atom stereocenters. The highest BCUT2D eigenvalue weighted by Crippen LogP contribution is 2.25. The van der Waals surface area contributed by atoms with Gasteiger partial charge in [0.2, 0.25) is 5.91 Å². The smallest absolute Gasteiger partial charge is 0.338 e. The van der Waals surface area contributed by atoms with Crippen molar-refractivity contribution >= 4 is 23.3 Å². The fraction of sp³-hybridized carbons (Fsp3) is 0.429. The van der Waals surface area contributed by atoms with Gasteiger partial charge in [-0.15, -0.1) is 0 Å². The highest BCUT2D eigenvalue weighted by molar-refractivity contribution is 5.93. The van der Waals surface area contributed by atoms with Crippen LogP contribution in [0.3, 0.4) is 0 Å². The first-order chi connectivity index (χ1) is 9.61. The first-order valence-electron chi connectivity index (χ1n) is 6.70. The van der Waals surface area contributed by atoms with Gasteiger partial charge in [-0.05, 0) is 31.5 Å². The van der Waals surface area contributed by atoms with E-state index in [9.17, 15) is 9.59 Å². The second-order valence-electron chi connectivity index (χ2n) is 4.62. The van der Waals surface area contributed by atoms with Crippen LogP contribution in [0.25, 0.3) is 0 Å². The predicted molar refractivity (Wildman–Crippen MR) is 76.7 cm³/mol. The average molecular weight is 277 g/mol. The molecule has 2 rings (SSSR count). The number of anilines is 2. The lowest BCUT2D eigenvalue weighted by Crippen LogP contribution is -2.33. The zero-order valence-electron chi connectivity index (χ0n) is 11.5. The van der Waals surface area contributed by atoms with Crippen molar-refractivity contribution in [1.29, 1.82) is 0 Å². The zero-order chi connectivity index (χ0) is 14.5. The van der Waals surface area contributed by atoms with Crippen molar-refractivity contribution in [3.8, 4) is 0 Å². The molecule has 1 aromatic rings. The number of amides is 1. The molecule has 1 aliphatic heterocycles. The van der Waals surface area contributed by atoms with Crippen molar-refractivity contribution in [1.82, 2.24) is 5.32 Å². The van der Waals surface area contributed by atoms with Gasteiger partial charge in [0.05, 0.1) is 30.1 Å². The Bertz CT molecular complexity index is 516. The third-order valence-electron chi connectivity index (χ3n) is 3.14. The van der Waals surface area contributed by atoms with Gasteiger partial charge in [-0.1, -0.05) is 0 Å². The van der Waals surface area contributed by atoms with Gasteiger partial charge in [-0.2, -0.15) is 0 Å². The molecular formula is C14H19N3O3. The molecule has 0 aromatic heterocycles. The van der Waals surface area contributed by atoms with Crippen LogP contribution < -0.4 is 16.0 Å². The number of nitrogens with two attached hydrogens (primary N) is 1. The Morgan fingerprint density at radius 1 is 1.50 bits per heavy atom. The summed E-state index contributed by atoms with van der Waals surface area (Å²) in [5.41, 5.74) is 7.66. The molecule has 1 aliphatic rings. The molecule has 0 aliphatic carbocycles. The van der Waals surface area contributed by atoms with E-state index in [4.69, 9.17) is 10.5 Å². The van der Waals surface area contributed by atoms with Gasteiger partial charge in [0.1, 0.15) is 0 Å². The van der Waals surface area contributed by atoms with Gasteiger partial charge < -0.3 is 20.7 Å². The molecule has 0 spiro atoms. The third kappa shape index (κ3) is 3.20. The molecule has 1 heterocycles. The molecule has 6 heteroatoms. The quantitative estimate of drug-likeness (QED) is 0.630. The minimum atomic E-state index is -0.381. The molecule has 6 nitrogen and oxygen atoms in total. The van der Waals surface area contributed by atoms with E-state index >= 15 is 0 Å². The van der Waals surface area contributed by atoms with Crippen LogP contribution in [0.4, 0.5) is 11.4 Å². The Labute approximate surface area is 117 Å². The van der Waals surface area contributed by atoms with E-state index in [1.165, 1.54) is 0 Å². The van der Waals surface area contributed by atoms with Crippen molar-refractivity contribution in [2.75, 3.05) is 36.9 Å². The first-order valence-corrected chi connectivity index (χ1v) is 6.70. The van der Waals surface area contributed by atoms with Gasteiger partial charge in [0.25, 0.3) is 0 Å². The zero-order valence-corrected chi connectivity index (χ0v) is 11.5. The average Bonchev–Trinajstić information content (AvgIpc) is 2.64. The van der Waals surface area contributed by atoms with Crippen molar-refractivity contribution in [3.05, 3.63) is 23.8 Å². The standard InChI is InChI=1S/C14H19N3O3/c1-2-20-14(19)10-4-5-11(15)12(8-10)17-7-3-6-16-13(18)9-17/h4-5,8H,2-3,6-7,9,15H2,1H3,(H,16,18). The van der Waals surface area contributed by atoms with E-state index in [1.807, 2.05) is 4.90 Å². The first kappa shape index (κ1) is 14.2. The second kappa shape index (κ2) is 6.27. The summed E-state index contributed by atoms with van der Waals surface area (Å²) in [5.74, 6) is -0.420. The minimum absolute atomic E-state index is 0.0385. The maximum Gasteiger partial charge on any atom is 0.338 e. The molecule has 1 fully saturated rings. The highest BCUT2D eigenvalue weighted by atomic mass is 16.5. The Balaban J connectivity index is 2.27. The number of nitrogen functional groups attached to an aromatic ring is 1. The lowest BCUT2D eigenvalue weighted by molar-refractivity contribution is -0.119. The van der Waals surface area contributed by atoms with Crippen molar-refractivity contribution in [2.24, 2.45) is 0 Å². The van der Waals surface area contributed by atoms with E-state index in [0.29, 0.717) is 30.1 Å². The van der Waals surface area contributed by atoms with E-state index in [2.05, 4.69) is 5.32 Å². The second-order valence-corrected chi connectivity index (χ2v) is 4.62. The fourth-order valence-corrected chi connectivity index (χ4v) is 2.17. The Kier molecular flexibility index (Phi) is 4.45. The van der Waals surface area contributed by atoms with Crippen LogP contribution >= 0.6 is 0 Å². The molecule has 0 bridgehead atoms. The molecule has 0 unspecified atom stereocenters. The summed E-state index contributed by atoms with van der Waals surface area (Å²) in [5, 5.41) is 2.81. The summed E-state index contributed by atoms with van der Waals surface area (Å²) in [6.45, 7) is 3.71. The van der Waals surface area contributed by atoms with E-state index in [-0.39, 0.29) is 18.4 Å². The monoisotopic (exact) mass is 277 g/mol. The Hall–Kier alpha value is -2.24. The molecule has 1 aromatic carbocycles. The van der Waals surface area contributed by atoms with Crippen LogP contribution in [0, 0.1) is 0 Å².